The zero-order chi connectivity index (χ0) is 25.9. The standard InChI is InChI=1S/C27H41ClN4O4/c1-3-5-6-7-8-26(33)32-11-9-20(10-12-32)18-31-13-14-36-21(19-31)17-30-27(34)22-15-23(28)24(29)16-25(22)35-4-2/h3,15-16,20-21H,1,4-14,17-19,29H2,2H3,(H,30,34). The molecule has 8 nitrogen and oxygen atoms in total. The van der Waals surface area contributed by atoms with Crippen molar-refractivity contribution in [1.82, 2.24) is 15.1 Å². The maximum absolute atomic E-state index is 12.8. The van der Waals surface area contributed by atoms with E-state index in [1.54, 1.807) is 12.1 Å². The lowest BCUT2D eigenvalue weighted by atomic mass is 9.95. The molecule has 9 heteroatoms. The third kappa shape index (κ3) is 8.39. The number of nitrogens with zero attached hydrogens (tertiary/aromatic N) is 2. The smallest absolute Gasteiger partial charge is 0.255 e. The fraction of sp³-hybridized carbons (Fsp3) is 0.630. The Morgan fingerprint density at radius 2 is 2.06 bits per heavy atom. The topological polar surface area (TPSA) is 97.1 Å². The highest BCUT2D eigenvalue weighted by Crippen LogP contribution is 2.29. The highest BCUT2D eigenvalue weighted by atomic mass is 35.5. The number of carbonyl (C=O) groups excluding carboxylic acids is 2. The normalized spacial score (nSPS) is 19.2. The molecule has 0 aromatic heterocycles. The highest BCUT2D eigenvalue weighted by molar-refractivity contribution is 6.33. The second-order valence-electron chi connectivity index (χ2n) is 9.62. The van der Waals surface area contributed by atoms with Gasteiger partial charge in [-0.15, -0.1) is 6.58 Å². The van der Waals surface area contributed by atoms with Gasteiger partial charge in [0.2, 0.25) is 5.91 Å². The number of benzene rings is 1. The van der Waals surface area contributed by atoms with E-state index in [-0.39, 0.29) is 17.9 Å². The molecule has 2 fully saturated rings. The second kappa shape index (κ2) is 14.4. The Balaban J connectivity index is 1.41. The van der Waals surface area contributed by atoms with Crippen LogP contribution in [0.1, 0.15) is 55.8 Å². The van der Waals surface area contributed by atoms with E-state index in [4.69, 9.17) is 26.8 Å². The first-order valence-corrected chi connectivity index (χ1v) is 13.5. The number of rotatable bonds is 12. The number of ether oxygens (including phenoxy) is 2. The molecule has 2 aliphatic rings. The van der Waals surface area contributed by atoms with Crippen molar-refractivity contribution in [3.8, 4) is 5.75 Å². The quantitative estimate of drug-likeness (QED) is 0.247. The summed E-state index contributed by atoms with van der Waals surface area (Å²) in [6.45, 7) is 11.4. The van der Waals surface area contributed by atoms with Crippen molar-refractivity contribution in [2.45, 2.75) is 51.6 Å². The molecule has 1 aromatic rings. The second-order valence-corrected chi connectivity index (χ2v) is 10.0. The Morgan fingerprint density at radius 3 is 2.78 bits per heavy atom. The predicted molar refractivity (Wildman–Crippen MR) is 144 cm³/mol. The molecule has 200 valence electrons. The molecule has 3 N–H and O–H groups in total. The van der Waals surface area contributed by atoms with Crippen LogP contribution in [0.3, 0.4) is 0 Å². The SMILES string of the molecule is C=CCCCCC(=O)N1CCC(CN2CCOC(CNC(=O)c3cc(Cl)c(N)cc3OCC)C2)CC1. The molecule has 0 spiro atoms. The number of hydrogen-bond donors (Lipinski definition) is 2. The predicted octanol–water partition coefficient (Wildman–Crippen LogP) is 3.74. The molecule has 1 atom stereocenters. The molecule has 0 bridgehead atoms. The van der Waals surface area contributed by atoms with Gasteiger partial charge in [-0.25, -0.2) is 0 Å². The number of likely N-dealkylation sites (tertiary alicyclic amines) is 1. The summed E-state index contributed by atoms with van der Waals surface area (Å²) >= 11 is 6.13. The van der Waals surface area contributed by atoms with Gasteiger partial charge in [-0.2, -0.15) is 0 Å². The third-order valence-corrected chi connectivity index (χ3v) is 7.22. The van der Waals surface area contributed by atoms with Crippen LogP contribution in [0.2, 0.25) is 5.02 Å². The minimum Gasteiger partial charge on any atom is -0.493 e. The maximum atomic E-state index is 12.8. The molecule has 2 aliphatic heterocycles. The van der Waals surface area contributed by atoms with Gasteiger partial charge in [-0.3, -0.25) is 14.5 Å². The number of amides is 2. The molecule has 2 amide bonds. The van der Waals surface area contributed by atoms with Crippen molar-refractivity contribution in [2.75, 3.05) is 58.2 Å². The van der Waals surface area contributed by atoms with E-state index in [1.807, 2.05) is 17.9 Å². The first-order chi connectivity index (χ1) is 17.4. The van der Waals surface area contributed by atoms with E-state index in [0.717, 1.165) is 64.8 Å². The molecule has 2 saturated heterocycles. The Bertz CT molecular complexity index is 889. The number of unbranched alkanes of at least 4 members (excludes halogenated alkanes) is 2. The summed E-state index contributed by atoms with van der Waals surface area (Å²) in [6.07, 6.45) is 7.49. The number of carbonyl (C=O) groups is 2. The maximum Gasteiger partial charge on any atom is 0.255 e. The molecule has 0 aliphatic carbocycles. The minimum absolute atomic E-state index is 0.0836. The number of morpholine rings is 1. The van der Waals surface area contributed by atoms with Crippen LogP contribution in [0, 0.1) is 5.92 Å². The summed E-state index contributed by atoms with van der Waals surface area (Å²) < 4.78 is 11.5. The lowest BCUT2D eigenvalue weighted by Gasteiger charge is -2.38. The van der Waals surface area contributed by atoms with Gasteiger partial charge in [0.25, 0.3) is 5.91 Å². The van der Waals surface area contributed by atoms with E-state index >= 15 is 0 Å². The molecule has 0 saturated carbocycles. The number of anilines is 1. The van der Waals surface area contributed by atoms with E-state index in [9.17, 15) is 9.59 Å². The van der Waals surface area contributed by atoms with Gasteiger partial charge in [0, 0.05) is 51.8 Å². The van der Waals surface area contributed by atoms with Crippen molar-refractivity contribution in [3.05, 3.63) is 35.4 Å². The van der Waals surface area contributed by atoms with Gasteiger partial charge < -0.3 is 25.4 Å². The van der Waals surface area contributed by atoms with Crippen LogP contribution in [0.25, 0.3) is 0 Å². The van der Waals surface area contributed by atoms with Crippen LogP contribution in [0.5, 0.6) is 5.75 Å². The zero-order valence-electron chi connectivity index (χ0n) is 21.5. The van der Waals surface area contributed by atoms with Crippen LogP contribution in [-0.2, 0) is 9.53 Å². The van der Waals surface area contributed by atoms with Gasteiger partial charge in [0.15, 0.2) is 0 Å². The van der Waals surface area contributed by atoms with Crippen molar-refractivity contribution < 1.29 is 19.1 Å². The molecule has 3 rings (SSSR count). The van der Waals surface area contributed by atoms with Gasteiger partial charge in [-0.1, -0.05) is 17.7 Å². The van der Waals surface area contributed by atoms with Crippen LogP contribution in [0.15, 0.2) is 24.8 Å². The Morgan fingerprint density at radius 1 is 1.28 bits per heavy atom. The zero-order valence-corrected chi connectivity index (χ0v) is 22.2. The average Bonchev–Trinajstić information content (AvgIpc) is 2.88. The number of nitrogens with one attached hydrogen (secondary N) is 1. The van der Waals surface area contributed by atoms with Gasteiger partial charge in [0.1, 0.15) is 5.75 Å². The summed E-state index contributed by atoms with van der Waals surface area (Å²) in [7, 11) is 0. The lowest BCUT2D eigenvalue weighted by molar-refractivity contribution is -0.132. The Hall–Kier alpha value is -2.29. The van der Waals surface area contributed by atoms with Crippen molar-refractivity contribution in [3.63, 3.8) is 0 Å². The summed E-state index contributed by atoms with van der Waals surface area (Å²) in [6, 6.07) is 3.13. The van der Waals surface area contributed by atoms with E-state index in [0.29, 0.717) is 54.1 Å². The fourth-order valence-electron chi connectivity index (χ4n) is 4.85. The first kappa shape index (κ1) is 28.3. The molecule has 2 heterocycles. The highest BCUT2D eigenvalue weighted by Gasteiger charge is 2.27. The minimum atomic E-state index is -0.261. The molecule has 1 aromatic carbocycles. The van der Waals surface area contributed by atoms with Crippen LogP contribution in [-0.4, -0.2) is 80.2 Å². The monoisotopic (exact) mass is 520 g/mol. The van der Waals surface area contributed by atoms with Crippen LogP contribution in [0.4, 0.5) is 5.69 Å². The largest absolute Gasteiger partial charge is 0.493 e. The summed E-state index contributed by atoms with van der Waals surface area (Å²) in [5.74, 6) is 1.02. The molecule has 0 radical (unpaired) electrons. The first-order valence-electron chi connectivity index (χ1n) is 13.1. The van der Waals surface area contributed by atoms with Crippen molar-refractivity contribution in [2.24, 2.45) is 5.92 Å². The van der Waals surface area contributed by atoms with Crippen molar-refractivity contribution in [1.29, 1.82) is 0 Å². The third-order valence-electron chi connectivity index (χ3n) is 6.89. The summed E-state index contributed by atoms with van der Waals surface area (Å²) in [5, 5.41) is 3.28. The molecular weight excluding hydrogens is 480 g/mol. The van der Waals surface area contributed by atoms with Crippen LogP contribution >= 0.6 is 11.6 Å². The number of halogens is 1. The Kier molecular flexibility index (Phi) is 11.4. The van der Waals surface area contributed by atoms with Gasteiger partial charge >= 0.3 is 0 Å². The summed E-state index contributed by atoms with van der Waals surface area (Å²) in [5.41, 5.74) is 6.61. The lowest BCUT2D eigenvalue weighted by Crippen LogP contribution is -2.50. The van der Waals surface area contributed by atoms with E-state index in [2.05, 4.69) is 16.8 Å². The Labute approximate surface area is 220 Å². The number of hydrogen-bond acceptors (Lipinski definition) is 6. The summed E-state index contributed by atoms with van der Waals surface area (Å²) in [4.78, 5) is 29.7. The van der Waals surface area contributed by atoms with E-state index in [1.165, 1.54) is 0 Å². The number of nitrogen functional groups attached to an aromatic ring is 1. The van der Waals surface area contributed by atoms with E-state index < -0.39 is 0 Å². The molecule has 36 heavy (non-hydrogen) atoms. The van der Waals surface area contributed by atoms with Crippen molar-refractivity contribution >= 4 is 29.1 Å². The average molecular weight is 521 g/mol. The van der Waals surface area contributed by atoms with Gasteiger partial charge in [-0.05, 0) is 51.0 Å². The fourth-order valence-corrected chi connectivity index (χ4v) is 5.01. The molecular formula is C27H41ClN4O4. The number of piperidine rings is 1. The molecule has 1 unspecified atom stereocenters. The number of nitrogens with two attached hydrogens (primary N) is 1. The van der Waals surface area contributed by atoms with Crippen LogP contribution < -0.4 is 15.8 Å². The van der Waals surface area contributed by atoms with Gasteiger partial charge in [0.05, 0.1) is 35.6 Å². The number of allylic oxidation sites excluding steroid dienone is 1.